The molecule has 140 valence electrons. The number of nitrogens with zero attached hydrogens (tertiary/aromatic N) is 1. The SMILES string of the molecule is Cc1ccc(N(CCc2ccc(C(F)(F)F)cc2)C(=O)[C@@H](C)Br)cc1C. The molecule has 0 N–H and O–H groups in total. The van der Waals surface area contributed by atoms with Gasteiger partial charge in [0.2, 0.25) is 5.91 Å². The van der Waals surface area contributed by atoms with Crippen LogP contribution in [0.3, 0.4) is 0 Å². The number of carbonyl (C=O) groups is 1. The lowest BCUT2D eigenvalue weighted by atomic mass is 10.1. The van der Waals surface area contributed by atoms with Crippen LogP contribution in [-0.4, -0.2) is 17.3 Å². The molecule has 0 unspecified atom stereocenters. The molecule has 6 heteroatoms. The second-order valence-corrected chi connectivity index (χ2v) is 7.69. The first-order valence-corrected chi connectivity index (χ1v) is 9.20. The summed E-state index contributed by atoms with van der Waals surface area (Å²) in [6, 6.07) is 10.9. The molecule has 2 aromatic carbocycles. The molecule has 0 bridgehead atoms. The van der Waals surface area contributed by atoms with E-state index in [-0.39, 0.29) is 10.7 Å². The minimum Gasteiger partial charge on any atom is -0.311 e. The number of halogens is 4. The number of carbonyl (C=O) groups excluding carboxylic acids is 1. The van der Waals surface area contributed by atoms with Gasteiger partial charge in [-0.2, -0.15) is 13.2 Å². The number of amides is 1. The highest BCUT2D eigenvalue weighted by atomic mass is 79.9. The third-order valence-electron chi connectivity index (χ3n) is 4.31. The van der Waals surface area contributed by atoms with E-state index in [9.17, 15) is 18.0 Å². The quantitative estimate of drug-likeness (QED) is 0.561. The Bertz CT molecular complexity index is 770. The van der Waals surface area contributed by atoms with Gasteiger partial charge in [-0.05, 0) is 68.1 Å². The fraction of sp³-hybridized carbons (Fsp3) is 0.350. The number of alkyl halides is 4. The molecule has 26 heavy (non-hydrogen) atoms. The van der Waals surface area contributed by atoms with Gasteiger partial charge in [0.25, 0.3) is 0 Å². The average Bonchev–Trinajstić information content (AvgIpc) is 2.57. The maximum atomic E-state index is 12.7. The van der Waals surface area contributed by atoms with E-state index in [1.54, 1.807) is 11.8 Å². The van der Waals surface area contributed by atoms with Crippen LogP contribution in [0.1, 0.15) is 29.2 Å². The standard InChI is InChI=1S/C20H21BrF3NO/c1-13-4-9-18(12-14(13)2)25(19(26)15(3)21)11-10-16-5-7-17(8-6-16)20(22,23)24/h4-9,12,15H,10-11H2,1-3H3/t15-/m1/s1. The molecule has 0 aliphatic carbocycles. The molecule has 0 aliphatic heterocycles. The van der Waals surface area contributed by atoms with Crippen molar-refractivity contribution in [3.05, 3.63) is 64.7 Å². The van der Waals surface area contributed by atoms with Gasteiger partial charge < -0.3 is 4.90 Å². The third kappa shape index (κ3) is 5.10. The zero-order chi connectivity index (χ0) is 19.5. The summed E-state index contributed by atoms with van der Waals surface area (Å²) in [4.78, 5) is 13.9. The molecule has 2 aromatic rings. The average molecular weight is 428 g/mol. The Kier molecular flexibility index (Phi) is 6.50. The summed E-state index contributed by atoms with van der Waals surface area (Å²) in [7, 11) is 0. The summed E-state index contributed by atoms with van der Waals surface area (Å²) in [5.41, 5.74) is 3.09. The lowest BCUT2D eigenvalue weighted by Crippen LogP contribution is -2.37. The molecule has 0 aromatic heterocycles. The fourth-order valence-electron chi connectivity index (χ4n) is 2.58. The Balaban J connectivity index is 2.19. The molecular weight excluding hydrogens is 407 g/mol. The molecular formula is C20H21BrF3NO. The van der Waals surface area contributed by atoms with Crippen LogP contribution in [0.5, 0.6) is 0 Å². The van der Waals surface area contributed by atoms with Gasteiger partial charge in [0, 0.05) is 12.2 Å². The minimum absolute atomic E-state index is 0.0832. The van der Waals surface area contributed by atoms with Crippen LogP contribution in [0, 0.1) is 13.8 Å². The second kappa shape index (κ2) is 8.25. The van der Waals surface area contributed by atoms with Crippen molar-refractivity contribution in [2.75, 3.05) is 11.4 Å². The first-order chi connectivity index (χ1) is 12.1. The van der Waals surface area contributed by atoms with Crippen molar-refractivity contribution in [1.82, 2.24) is 0 Å². The van der Waals surface area contributed by atoms with E-state index in [0.29, 0.717) is 13.0 Å². The molecule has 0 aliphatic rings. The number of hydrogen-bond donors (Lipinski definition) is 0. The summed E-state index contributed by atoms with van der Waals surface area (Å²) in [5.74, 6) is -0.0832. The van der Waals surface area contributed by atoms with Crippen LogP contribution in [0.2, 0.25) is 0 Å². The van der Waals surface area contributed by atoms with Gasteiger partial charge in [0.05, 0.1) is 10.4 Å². The van der Waals surface area contributed by atoms with Crippen LogP contribution in [0.15, 0.2) is 42.5 Å². The molecule has 0 radical (unpaired) electrons. The first-order valence-electron chi connectivity index (χ1n) is 8.28. The third-order valence-corrected chi connectivity index (χ3v) is 4.71. The maximum absolute atomic E-state index is 12.7. The molecule has 0 saturated heterocycles. The van der Waals surface area contributed by atoms with Crippen molar-refractivity contribution in [1.29, 1.82) is 0 Å². The Morgan fingerprint density at radius 3 is 2.19 bits per heavy atom. The topological polar surface area (TPSA) is 20.3 Å². The van der Waals surface area contributed by atoms with Crippen molar-refractivity contribution in [2.45, 2.75) is 38.2 Å². The highest BCUT2D eigenvalue weighted by Gasteiger charge is 2.30. The van der Waals surface area contributed by atoms with Crippen molar-refractivity contribution < 1.29 is 18.0 Å². The lowest BCUT2D eigenvalue weighted by molar-refractivity contribution is -0.137. The zero-order valence-electron chi connectivity index (χ0n) is 14.9. The van der Waals surface area contributed by atoms with Crippen molar-refractivity contribution in [2.24, 2.45) is 0 Å². The molecule has 2 nitrogen and oxygen atoms in total. The van der Waals surface area contributed by atoms with Crippen LogP contribution in [0.25, 0.3) is 0 Å². The van der Waals surface area contributed by atoms with Crippen LogP contribution in [-0.2, 0) is 17.4 Å². The number of rotatable bonds is 5. The van der Waals surface area contributed by atoms with Crippen molar-refractivity contribution >= 4 is 27.5 Å². The highest BCUT2D eigenvalue weighted by molar-refractivity contribution is 9.10. The number of hydrogen-bond acceptors (Lipinski definition) is 1. The molecule has 1 atom stereocenters. The van der Waals surface area contributed by atoms with E-state index in [1.807, 2.05) is 32.0 Å². The molecule has 0 heterocycles. The predicted octanol–water partition coefficient (Wildman–Crippen LogP) is 5.68. The van der Waals surface area contributed by atoms with Gasteiger partial charge in [-0.25, -0.2) is 0 Å². The minimum atomic E-state index is -4.34. The highest BCUT2D eigenvalue weighted by Crippen LogP contribution is 2.29. The monoisotopic (exact) mass is 427 g/mol. The van der Waals surface area contributed by atoms with E-state index < -0.39 is 11.7 Å². The van der Waals surface area contributed by atoms with E-state index in [2.05, 4.69) is 15.9 Å². The summed E-state index contributed by atoms with van der Waals surface area (Å²) in [6.07, 6.45) is -3.87. The fourth-order valence-corrected chi connectivity index (χ4v) is 2.82. The second-order valence-electron chi connectivity index (χ2n) is 6.32. The summed E-state index contributed by atoms with van der Waals surface area (Å²) in [6.45, 7) is 6.13. The largest absolute Gasteiger partial charge is 0.416 e. The van der Waals surface area contributed by atoms with Gasteiger partial charge in [0.1, 0.15) is 0 Å². The van der Waals surface area contributed by atoms with Crippen molar-refractivity contribution in [3.8, 4) is 0 Å². The van der Waals surface area contributed by atoms with E-state index in [1.165, 1.54) is 12.1 Å². The number of aryl methyl sites for hydroxylation is 2. The van der Waals surface area contributed by atoms with E-state index in [4.69, 9.17) is 0 Å². The number of benzene rings is 2. The maximum Gasteiger partial charge on any atom is 0.416 e. The summed E-state index contributed by atoms with van der Waals surface area (Å²) in [5, 5.41) is 0. The Morgan fingerprint density at radius 2 is 1.69 bits per heavy atom. The zero-order valence-corrected chi connectivity index (χ0v) is 16.5. The Hall–Kier alpha value is -1.82. The molecule has 1 amide bonds. The normalized spacial score (nSPS) is 12.7. The van der Waals surface area contributed by atoms with E-state index in [0.717, 1.165) is 34.5 Å². The van der Waals surface area contributed by atoms with Crippen LogP contribution >= 0.6 is 15.9 Å². The van der Waals surface area contributed by atoms with Gasteiger partial charge in [-0.15, -0.1) is 0 Å². The molecule has 2 rings (SSSR count). The van der Waals surface area contributed by atoms with Crippen molar-refractivity contribution in [3.63, 3.8) is 0 Å². The first kappa shape index (κ1) is 20.5. The van der Waals surface area contributed by atoms with Gasteiger partial charge in [0.15, 0.2) is 0 Å². The van der Waals surface area contributed by atoms with Gasteiger partial charge in [-0.1, -0.05) is 34.1 Å². The van der Waals surface area contributed by atoms with Gasteiger partial charge in [-0.3, -0.25) is 4.79 Å². The van der Waals surface area contributed by atoms with Crippen LogP contribution < -0.4 is 4.90 Å². The molecule has 0 fully saturated rings. The molecule has 0 saturated carbocycles. The lowest BCUT2D eigenvalue weighted by Gasteiger charge is -2.25. The smallest absolute Gasteiger partial charge is 0.311 e. The number of anilines is 1. The Morgan fingerprint density at radius 1 is 1.08 bits per heavy atom. The molecule has 0 spiro atoms. The summed E-state index contributed by atoms with van der Waals surface area (Å²) >= 11 is 3.31. The predicted molar refractivity (Wildman–Crippen MR) is 102 cm³/mol. The Labute approximate surface area is 160 Å². The van der Waals surface area contributed by atoms with Gasteiger partial charge >= 0.3 is 6.18 Å². The van der Waals surface area contributed by atoms with E-state index >= 15 is 0 Å². The summed E-state index contributed by atoms with van der Waals surface area (Å²) < 4.78 is 38.0. The van der Waals surface area contributed by atoms with Crippen LogP contribution in [0.4, 0.5) is 18.9 Å².